The normalized spacial score (nSPS) is 17.3. The molecule has 10 heteroatoms. The van der Waals surface area contributed by atoms with Crippen LogP contribution in [0.1, 0.15) is 6.42 Å². The number of nitro benzene ring substituents is 1. The van der Waals surface area contributed by atoms with Crippen molar-refractivity contribution in [3.63, 3.8) is 0 Å². The molecule has 150 valence electrons. The molecule has 0 spiro atoms. The van der Waals surface area contributed by atoms with Crippen LogP contribution in [0.2, 0.25) is 0 Å². The van der Waals surface area contributed by atoms with Crippen LogP contribution < -0.4 is 24.4 Å². The van der Waals surface area contributed by atoms with Crippen LogP contribution in [0.3, 0.4) is 0 Å². The zero-order valence-electron chi connectivity index (χ0n) is 15.4. The van der Waals surface area contributed by atoms with Gasteiger partial charge in [0.05, 0.1) is 23.6 Å². The van der Waals surface area contributed by atoms with Gasteiger partial charge in [-0.25, -0.2) is 0 Å². The van der Waals surface area contributed by atoms with Crippen LogP contribution in [-0.4, -0.2) is 37.2 Å². The number of carbonyl (C=O) groups excluding carboxylic acids is 2. The van der Waals surface area contributed by atoms with E-state index in [1.54, 1.807) is 18.2 Å². The zero-order valence-corrected chi connectivity index (χ0v) is 15.4. The van der Waals surface area contributed by atoms with Gasteiger partial charge in [0.2, 0.25) is 18.6 Å². The van der Waals surface area contributed by atoms with E-state index in [0.717, 1.165) is 0 Å². The fourth-order valence-electron chi connectivity index (χ4n) is 3.33. The quantitative estimate of drug-likeness (QED) is 0.605. The number of hydrogen-bond acceptors (Lipinski definition) is 7. The summed E-state index contributed by atoms with van der Waals surface area (Å²) < 4.78 is 15.8. The Labute approximate surface area is 165 Å². The number of amides is 2. The molecule has 0 aliphatic carbocycles. The van der Waals surface area contributed by atoms with E-state index < -0.39 is 16.7 Å². The summed E-state index contributed by atoms with van der Waals surface area (Å²) in [5, 5.41) is 13.6. The second kappa shape index (κ2) is 7.30. The molecule has 0 radical (unpaired) electrons. The molecular formula is C19H17N3O7. The number of nitro groups is 1. The Bertz CT molecular complexity index is 1010. The maximum atomic E-state index is 12.7. The first-order valence-electron chi connectivity index (χ1n) is 8.79. The highest BCUT2D eigenvalue weighted by Gasteiger charge is 2.36. The van der Waals surface area contributed by atoms with Gasteiger partial charge in [0, 0.05) is 36.9 Å². The topological polar surface area (TPSA) is 120 Å². The van der Waals surface area contributed by atoms with Crippen molar-refractivity contribution in [3.8, 4) is 17.2 Å². The number of non-ortho nitro benzene ring substituents is 1. The molecular weight excluding hydrogens is 382 g/mol. The van der Waals surface area contributed by atoms with E-state index in [-0.39, 0.29) is 37.0 Å². The van der Waals surface area contributed by atoms with Crippen molar-refractivity contribution in [2.24, 2.45) is 5.92 Å². The Hall–Kier alpha value is -3.82. The van der Waals surface area contributed by atoms with Crippen LogP contribution in [0.4, 0.5) is 17.1 Å². The van der Waals surface area contributed by atoms with Crippen LogP contribution in [0.15, 0.2) is 36.4 Å². The first kappa shape index (κ1) is 18.5. The van der Waals surface area contributed by atoms with Gasteiger partial charge in [0.1, 0.15) is 5.75 Å². The number of nitrogens with one attached hydrogen (secondary N) is 1. The molecule has 0 saturated carbocycles. The second-order valence-corrected chi connectivity index (χ2v) is 6.57. The third-order valence-corrected chi connectivity index (χ3v) is 4.82. The number of nitrogens with zero attached hydrogens (tertiary/aromatic N) is 2. The highest BCUT2D eigenvalue weighted by Crippen LogP contribution is 2.37. The van der Waals surface area contributed by atoms with E-state index in [4.69, 9.17) is 14.2 Å². The fraction of sp³-hybridized carbons (Fsp3) is 0.263. The Morgan fingerprint density at radius 2 is 2.03 bits per heavy atom. The lowest BCUT2D eigenvalue weighted by atomic mass is 10.1. The molecule has 2 aliphatic rings. The zero-order chi connectivity index (χ0) is 20.5. The molecule has 1 fully saturated rings. The van der Waals surface area contributed by atoms with Gasteiger partial charge in [-0.05, 0) is 18.2 Å². The van der Waals surface area contributed by atoms with Gasteiger partial charge in [-0.1, -0.05) is 0 Å². The van der Waals surface area contributed by atoms with Crippen molar-refractivity contribution in [2.75, 3.05) is 30.7 Å². The van der Waals surface area contributed by atoms with Crippen LogP contribution in [0, 0.1) is 16.0 Å². The van der Waals surface area contributed by atoms with E-state index in [1.807, 2.05) is 0 Å². The van der Waals surface area contributed by atoms with E-state index in [0.29, 0.717) is 22.9 Å². The third-order valence-electron chi connectivity index (χ3n) is 4.82. The molecule has 2 aromatic carbocycles. The van der Waals surface area contributed by atoms with Crippen molar-refractivity contribution in [1.82, 2.24) is 0 Å². The summed E-state index contributed by atoms with van der Waals surface area (Å²) >= 11 is 0. The molecule has 0 bridgehead atoms. The van der Waals surface area contributed by atoms with Crippen LogP contribution in [0.25, 0.3) is 0 Å². The van der Waals surface area contributed by atoms with Crippen molar-refractivity contribution >= 4 is 28.9 Å². The number of benzene rings is 2. The molecule has 2 aliphatic heterocycles. The number of ether oxygens (including phenoxy) is 3. The molecule has 1 unspecified atom stereocenters. The van der Waals surface area contributed by atoms with Gasteiger partial charge in [0.25, 0.3) is 5.69 Å². The smallest absolute Gasteiger partial charge is 0.271 e. The van der Waals surface area contributed by atoms with Crippen LogP contribution >= 0.6 is 0 Å². The molecule has 29 heavy (non-hydrogen) atoms. The number of anilines is 2. The van der Waals surface area contributed by atoms with Gasteiger partial charge in [-0.3, -0.25) is 19.7 Å². The lowest BCUT2D eigenvalue weighted by Gasteiger charge is -2.17. The SMILES string of the molecule is COc1ccc([N+](=O)[O-])cc1NC(=O)C1CC(=O)N(c2ccc3c(c2)OCO3)C1. The van der Waals surface area contributed by atoms with E-state index in [9.17, 15) is 19.7 Å². The Balaban J connectivity index is 1.50. The minimum Gasteiger partial charge on any atom is -0.495 e. The van der Waals surface area contributed by atoms with Crippen molar-refractivity contribution in [1.29, 1.82) is 0 Å². The molecule has 10 nitrogen and oxygen atoms in total. The van der Waals surface area contributed by atoms with Gasteiger partial charge < -0.3 is 24.4 Å². The fourth-order valence-corrected chi connectivity index (χ4v) is 3.33. The third kappa shape index (κ3) is 3.51. The Morgan fingerprint density at radius 3 is 2.79 bits per heavy atom. The highest BCUT2D eigenvalue weighted by atomic mass is 16.7. The lowest BCUT2D eigenvalue weighted by molar-refractivity contribution is -0.384. The van der Waals surface area contributed by atoms with E-state index in [1.165, 1.54) is 30.2 Å². The first-order chi connectivity index (χ1) is 14.0. The number of carbonyl (C=O) groups is 2. The number of hydrogen-bond donors (Lipinski definition) is 1. The standard InChI is InChI=1S/C19H17N3O7/c1-27-15-4-3-13(22(25)26)7-14(15)20-19(24)11-6-18(23)21(9-11)12-2-5-16-17(8-12)29-10-28-16/h2-5,7-8,11H,6,9-10H2,1H3,(H,20,24). The summed E-state index contributed by atoms with van der Waals surface area (Å²) in [5.74, 6) is 0.213. The van der Waals surface area contributed by atoms with Gasteiger partial charge in [0.15, 0.2) is 11.5 Å². The first-order valence-corrected chi connectivity index (χ1v) is 8.79. The molecule has 2 amide bonds. The van der Waals surface area contributed by atoms with Crippen molar-refractivity contribution < 1.29 is 28.7 Å². The summed E-state index contributed by atoms with van der Waals surface area (Å²) in [6.45, 7) is 0.310. The minimum absolute atomic E-state index is 0.0253. The summed E-state index contributed by atoms with van der Waals surface area (Å²) in [4.78, 5) is 37.1. The summed E-state index contributed by atoms with van der Waals surface area (Å²) in [5.41, 5.74) is 0.619. The van der Waals surface area contributed by atoms with Gasteiger partial charge in [-0.15, -0.1) is 0 Å². The predicted octanol–water partition coefficient (Wildman–Crippen LogP) is 2.32. The highest BCUT2D eigenvalue weighted by molar-refractivity contribution is 6.04. The Kier molecular flexibility index (Phi) is 4.67. The monoisotopic (exact) mass is 399 g/mol. The van der Waals surface area contributed by atoms with Gasteiger partial charge in [-0.2, -0.15) is 0 Å². The average Bonchev–Trinajstić information content (AvgIpc) is 3.33. The molecule has 2 heterocycles. The average molecular weight is 399 g/mol. The maximum Gasteiger partial charge on any atom is 0.271 e. The second-order valence-electron chi connectivity index (χ2n) is 6.57. The minimum atomic E-state index is -0.614. The van der Waals surface area contributed by atoms with Crippen LogP contribution in [0.5, 0.6) is 17.2 Å². The number of rotatable bonds is 5. The predicted molar refractivity (Wildman–Crippen MR) is 101 cm³/mol. The molecule has 1 atom stereocenters. The lowest BCUT2D eigenvalue weighted by Crippen LogP contribution is -2.28. The number of fused-ring (bicyclic) bond motifs is 1. The molecule has 2 aromatic rings. The molecule has 0 aromatic heterocycles. The van der Waals surface area contributed by atoms with Crippen molar-refractivity contribution in [3.05, 3.63) is 46.5 Å². The largest absolute Gasteiger partial charge is 0.495 e. The van der Waals surface area contributed by atoms with Crippen LogP contribution in [-0.2, 0) is 9.59 Å². The summed E-state index contributed by atoms with van der Waals surface area (Å²) in [6.07, 6.45) is 0.0253. The number of methoxy groups -OCH3 is 1. The van der Waals surface area contributed by atoms with E-state index >= 15 is 0 Å². The molecule has 1 N–H and O–H groups in total. The summed E-state index contributed by atoms with van der Waals surface area (Å²) in [7, 11) is 1.40. The summed E-state index contributed by atoms with van der Waals surface area (Å²) in [6, 6.07) is 9.07. The maximum absolute atomic E-state index is 12.7. The van der Waals surface area contributed by atoms with E-state index in [2.05, 4.69) is 5.32 Å². The molecule has 4 rings (SSSR count). The van der Waals surface area contributed by atoms with Crippen molar-refractivity contribution in [2.45, 2.75) is 6.42 Å². The van der Waals surface area contributed by atoms with Gasteiger partial charge >= 0.3 is 0 Å². The molecule has 1 saturated heterocycles. The Morgan fingerprint density at radius 1 is 1.24 bits per heavy atom.